The van der Waals surface area contributed by atoms with Gasteiger partial charge in [0.1, 0.15) is 11.3 Å². The fourth-order valence-electron chi connectivity index (χ4n) is 3.26. The van der Waals surface area contributed by atoms with Gasteiger partial charge in [-0.25, -0.2) is 13.8 Å². The van der Waals surface area contributed by atoms with Gasteiger partial charge >= 0.3 is 0 Å². The molecular formula is C20H19F2N3OS2. The van der Waals surface area contributed by atoms with E-state index >= 15 is 0 Å². The van der Waals surface area contributed by atoms with Crippen LogP contribution in [0.4, 0.5) is 13.9 Å². The second kappa shape index (κ2) is 8.05. The van der Waals surface area contributed by atoms with Gasteiger partial charge in [0.25, 0.3) is 0 Å². The third-order valence-corrected chi connectivity index (χ3v) is 6.63. The Hall–Kier alpha value is -2.19. The zero-order chi connectivity index (χ0) is 19.7. The van der Waals surface area contributed by atoms with E-state index in [1.807, 2.05) is 40.3 Å². The third-order valence-electron chi connectivity index (χ3n) is 4.82. The smallest absolute Gasteiger partial charge is 0.227 e. The van der Waals surface area contributed by atoms with E-state index in [1.54, 1.807) is 11.8 Å². The van der Waals surface area contributed by atoms with Crippen molar-refractivity contribution in [2.75, 3.05) is 37.3 Å². The molecule has 2 aromatic carbocycles. The van der Waals surface area contributed by atoms with Crippen molar-refractivity contribution in [3.63, 3.8) is 0 Å². The molecule has 28 heavy (non-hydrogen) atoms. The van der Waals surface area contributed by atoms with Crippen LogP contribution in [0.15, 0.2) is 41.3 Å². The Morgan fingerprint density at radius 3 is 2.54 bits per heavy atom. The van der Waals surface area contributed by atoms with Crippen LogP contribution in [0.3, 0.4) is 0 Å². The summed E-state index contributed by atoms with van der Waals surface area (Å²) in [7, 11) is 0. The summed E-state index contributed by atoms with van der Waals surface area (Å²) in [5.41, 5.74) is 1.21. The van der Waals surface area contributed by atoms with Gasteiger partial charge in [-0.15, -0.1) is 11.8 Å². The highest BCUT2D eigenvalue weighted by Crippen LogP contribution is 2.31. The van der Waals surface area contributed by atoms with Crippen LogP contribution >= 0.6 is 23.1 Å². The molecule has 1 aromatic heterocycles. The Labute approximate surface area is 170 Å². The molecule has 0 N–H and O–H groups in total. The number of thiazole rings is 1. The first-order chi connectivity index (χ1) is 13.5. The van der Waals surface area contributed by atoms with Crippen molar-refractivity contribution in [2.24, 2.45) is 0 Å². The minimum atomic E-state index is -0.640. The van der Waals surface area contributed by atoms with Crippen molar-refractivity contribution in [1.29, 1.82) is 0 Å². The van der Waals surface area contributed by atoms with Crippen molar-refractivity contribution in [3.8, 4) is 0 Å². The number of hydrogen-bond donors (Lipinski definition) is 0. The summed E-state index contributed by atoms with van der Waals surface area (Å²) in [5.74, 6) is -1.13. The van der Waals surface area contributed by atoms with Crippen LogP contribution < -0.4 is 4.90 Å². The van der Waals surface area contributed by atoms with Crippen molar-refractivity contribution in [3.05, 3.63) is 53.6 Å². The number of amides is 1. The lowest BCUT2D eigenvalue weighted by molar-refractivity contribution is -0.130. The molecule has 0 radical (unpaired) electrons. The van der Waals surface area contributed by atoms with Crippen LogP contribution in [0.2, 0.25) is 0 Å². The number of benzene rings is 2. The maximum absolute atomic E-state index is 13.9. The number of fused-ring (bicyclic) bond motifs is 1. The number of anilines is 1. The molecule has 3 aromatic rings. The molecule has 4 nitrogen and oxygen atoms in total. The summed E-state index contributed by atoms with van der Waals surface area (Å²) in [6.07, 6.45) is 2.41. The van der Waals surface area contributed by atoms with Gasteiger partial charge in [0.2, 0.25) is 5.91 Å². The monoisotopic (exact) mass is 419 g/mol. The lowest BCUT2D eigenvalue weighted by Crippen LogP contribution is -2.49. The van der Waals surface area contributed by atoms with E-state index in [9.17, 15) is 13.6 Å². The molecule has 0 unspecified atom stereocenters. The molecule has 0 aliphatic carbocycles. The zero-order valence-electron chi connectivity index (χ0n) is 15.3. The molecule has 0 spiro atoms. The molecule has 0 saturated carbocycles. The standard InChI is InChI=1S/C20H19F2N3OS2/c1-27-15-4-2-13(3-5-15)10-18(26)24-6-8-25(9-7-24)20-23-19-16(22)11-14(21)12-17(19)28-20/h2-5,11-12H,6-10H2,1H3. The minimum absolute atomic E-state index is 0.106. The normalized spacial score (nSPS) is 14.7. The number of rotatable bonds is 4. The molecule has 0 bridgehead atoms. The Morgan fingerprint density at radius 1 is 1.14 bits per heavy atom. The highest BCUT2D eigenvalue weighted by atomic mass is 32.2. The Kier molecular flexibility index (Phi) is 5.50. The lowest BCUT2D eigenvalue weighted by Gasteiger charge is -2.34. The van der Waals surface area contributed by atoms with Crippen LogP contribution in [0.5, 0.6) is 0 Å². The minimum Gasteiger partial charge on any atom is -0.345 e. The number of thioether (sulfide) groups is 1. The van der Waals surface area contributed by atoms with Gasteiger partial charge in [-0.1, -0.05) is 23.5 Å². The van der Waals surface area contributed by atoms with E-state index in [2.05, 4.69) is 4.98 Å². The van der Waals surface area contributed by atoms with Crippen molar-refractivity contribution >= 4 is 44.4 Å². The van der Waals surface area contributed by atoms with Crippen LogP contribution in [0.1, 0.15) is 5.56 Å². The fourth-order valence-corrected chi connectivity index (χ4v) is 4.72. The highest BCUT2D eigenvalue weighted by molar-refractivity contribution is 7.98. The predicted molar refractivity (Wildman–Crippen MR) is 110 cm³/mol. The first-order valence-electron chi connectivity index (χ1n) is 8.95. The van der Waals surface area contributed by atoms with Gasteiger partial charge in [-0.2, -0.15) is 0 Å². The van der Waals surface area contributed by atoms with Crippen LogP contribution in [0, 0.1) is 11.6 Å². The molecule has 1 fully saturated rings. The summed E-state index contributed by atoms with van der Waals surface area (Å²) in [6, 6.07) is 10.2. The first kappa shape index (κ1) is 19.1. The van der Waals surface area contributed by atoms with Gasteiger partial charge < -0.3 is 9.80 Å². The molecule has 1 aliphatic heterocycles. The van der Waals surface area contributed by atoms with Crippen LogP contribution in [0.25, 0.3) is 10.2 Å². The first-order valence-corrected chi connectivity index (χ1v) is 11.0. The number of aromatic nitrogens is 1. The summed E-state index contributed by atoms with van der Waals surface area (Å²) in [6.45, 7) is 2.44. The van der Waals surface area contributed by atoms with E-state index in [1.165, 1.54) is 22.3 Å². The quantitative estimate of drug-likeness (QED) is 0.595. The second-order valence-electron chi connectivity index (χ2n) is 6.62. The number of carbonyl (C=O) groups is 1. The van der Waals surface area contributed by atoms with E-state index in [0.717, 1.165) is 11.6 Å². The fraction of sp³-hybridized carbons (Fsp3) is 0.300. The van der Waals surface area contributed by atoms with Crippen molar-refractivity contribution in [2.45, 2.75) is 11.3 Å². The summed E-state index contributed by atoms with van der Waals surface area (Å²) >= 11 is 2.95. The number of hydrogen-bond acceptors (Lipinski definition) is 5. The lowest BCUT2D eigenvalue weighted by atomic mass is 10.1. The summed E-state index contributed by atoms with van der Waals surface area (Å²) in [5, 5.41) is 0.666. The topological polar surface area (TPSA) is 36.4 Å². The predicted octanol–water partition coefficient (Wildman–Crippen LogP) is 4.19. The molecule has 1 aliphatic rings. The van der Waals surface area contributed by atoms with Gasteiger partial charge in [-0.3, -0.25) is 4.79 Å². The second-order valence-corrected chi connectivity index (χ2v) is 8.51. The van der Waals surface area contributed by atoms with Gasteiger partial charge in [0.05, 0.1) is 11.1 Å². The molecular weight excluding hydrogens is 400 g/mol. The Balaban J connectivity index is 1.38. The number of nitrogens with zero attached hydrogens (tertiary/aromatic N) is 3. The number of halogens is 2. The zero-order valence-corrected chi connectivity index (χ0v) is 17.0. The van der Waals surface area contributed by atoms with E-state index in [0.29, 0.717) is 42.4 Å². The van der Waals surface area contributed by atoms with Gasteiger partial charge in [0, 0.05) is 37.1 Å². The number of carbonyl (C=O) groups excluding carboxylic acids is 1. The maximum atomic E-state index is 13.9. The van der Waals surface area contributed by atoms with Gasteiger partial charge in [-0.05, 0) is 30.0 Å². The molecule has 1 amide bonds. The Bertz CT molecular complexity index is 999. The van der Waals surface area contributed by atoms with Crippen LogP contribution in [-0.2, 0) is 11.2 Å². The third kappa shape index (κ3) is 3.98. The molecule has 146 valence electrons. The SMILES string of the molecule is CSc1ccc(CC(=O)N2CCN(c3nc4c(F)cc(F)cc4s3)CC2)cc1. The summed E-state index contributed by atoms with van der Waals surface area (Å²) in [4.78, 5) is 22.0. The van der Waals surface area contributed by atoms with Gasteiger partial charge in [0.15, 0.2) is 10.9 Å². The largest absolute Gasteiger partial charge is 0.345 e. The summed E-state index contributed by atoms with van der Waals surface area (Å²) < 4.78 is 27.8. The van der Waals surface area contributed by atoms with Crippen LogP contribution in [-0.4, -0.2) is 48.2 Å². The molecule has 1 saturated heterocycles. The highest BCUT2D eigenvalue weighted by Gasteiger charge is 2.24. The Morgan fingerprint density at radius 2 is 1.86 bits per heavy atom. The number of piperazine rings is 1. The molecule has 0 atom stereocenters. The van der Waals surface area contributed by atoms with E-state index in [-0.39, 0.29) is 11.4 Å². The molecule has 8 heteroatoms. The van der Waals surface area contributed by atoms with E-state index < -0.39 is 11.6 Å². The van der Waals surface area contributed by atoms with Crippen molar-refractivity contribution < 1.29 is 13.6 Å². The maximum Gasteiger partial charge on any atom is 0.227 e. The average Bonchev–Trinajstić information content (AvgIpc) is 3.13. The molecule has 4 rings (SSSR count). The van der Waals surface area contributed by atoms with E-state index in [4.69, 9.17) is 0 Å². The molecule has 2 heterocycles. The van der Waals surface area contributed by atoms with Crippen molar-refractivity contribution in [1.82, 2.24) is 9.88 Å². The average molecular weight is 420 g/mol.